The molecule has 2 aromatic rings. The van der Waals surface area contributed by atoms with Crippen LogP contribution in [0.3, 0.4) is 0 Å². The molecule has 0 saturated carbocycles. The highest BCUT2D eigenvalue weighted by Gasteiger charge is 2.22. The van der Waals surface area contributed by atoms with Crippen LogP contribution < -0.4 is 5.56 Å². The minimum Gasteiger partial charge on any atom is -0.325 e. The van der Waals surface area contributed by atoms with E-state index in [-0.39, 0.29) is 11.1 Å². The molecule has 0 unspecified atom stereocenters. The molecule has 0 atom stereocenters. The maximum Gasteiger partial charge on any atom is 0.266 e. The number of aryl methyl sites for hydroxylation is 2. The third-order valence-corrected chi connectivity index (χ3v) is 4.02. The van der Waals surface area contributed by atoms with Crippen molar-refractivity contribution in [2.24, 2.45) is 0 Å². The van der Waals surface area contributed by atoms with Crippen LogP contribution in [0.25, 0.3) is 11.1 Å². The van der Waals surface area contributed by atoms with E-state index in [2.05, 4.69) is 30.1 Å². The number of rotatable bonds is 2. The predicted molar refractivity (Wildman–Crippen MR) is 78.6 cm³/mol. The number of hydrogen-bond acceptors (Lipinski definition) is 2. The molecule has 100 valence electrons. The zero-order chi connectivity index (χ0) is 14.1. The van der Waals surface area contributed by atoms with Crippen LogP contribution in [-0.2, 0) is 19.3 Å². The van der Waals surface area contributed by atoms with Crippen molar-refractivity contribution in [2.45, 2.75) is 32.6 Å². The summed E-state index contributed by atoms with van der Waals surface area (Å²) in [6.45, 7) is 2.11. The predicted octanol–water partition coefficient (Wildman–Crippen LogP) is 2.96. The van der Waals surface area contributed by atoms with Crippen molar-refractivity contribution in [3.05, 3.63) is 57.0 Å². The number of nitriles is 1. The van der Waals surface area contributed by atoms with Gasteiger partial charge in [0.15, 0.2) is 0 Å². The van der Waals surface area contributed by atoms with E-state index in [1.54, 1.807) is 0 Å². The van der Waals surface area contributed by atoms with Gasteiger partial charge in [0.2, 0.25) is 0 Å². The van der Waals surface area contributed by atoms with Crippen LogP contribution in [0.5, 0.6) is 0 Å². The minimum absolute atomic E-state index is 0.245. The van der Waals surface area contributed by atoms with Crippen LogP contribution in [0, 0.1) is 11.3 Å². The molecule has 0 radical (unpaired) electrons. The lowest BCUT2D eigenvalue weighted by Crippen LogP contribution is -2.15. The Balaban J connectivity index is 2.26. The average molecular weight is 264 g/mol. The normalized spacial score (nSPS) is 13.0. The molecule has 0 saturated heterocycles. The van der Waals surface area contributed by atoms with Gasteiger partial charge in [-0.1, -0.05) is 31.2 Å². The topological polar surface area (TPSA) is 56.6 Å². The van der Waals surface area contributed by atoms with Gasteiger partial charge in [-0.25, -0.2) is 0 Å². The van der Waals surface area contributed by atoms with Crippen LogP contribution in [0.15, 0.2) is 29.1 Å². The Labute approximate surface area is 117 Å². The Morgan fingerprint density at radius 2 is 2.00 bits per heavy atom. The van der Waals surface area contributed by atoms with Crippen LogP contribution in [0.1, 0.15) is 35.7 Å². The van der Waals surface area contributed by atoms with Gasteiger partial charge >= 0.3 is 0 Å². The lowest BCUT2D eigenvalue weighted by Gasteiger charge is -2.11. The van der Waals surface area contributed by atoms with E-state index in [9.17, 15) is 10.1 Å². The fourth-order valence-corrected chi connectivity index (χ4v) is 2.95. The first-order valence-electron chi connectivity index (χ1n) is 7.02. The summed E-state index contributed by atoms with van der Waals surface area (Å²) < 4.78 is 0. The highest BCUT2D eigenvalue weighted by Crippen LogP contribution is 2.32. The minimum atomic E-state index is -0.261. The van der Waals surface area contributed by atoms with Crippen molar-refractivity contribution in [3.8, 4) is 17.2 Å². The summed E-state index contributed by atoms with van der Waals surface area (Å²) >= 11 is 0. The number of hydrogen-bond donors (Lipinski definition) is 1. The summed E-state index contributed by atoms with van der Waals surface area (Å²) in [5.74, 6) is 0. The molecular weight excluding hydrogens is 248 g/mol. The number of H-pyrrole nitrogens is 1. The summed E-state index contributed by atoms with van der Waals surface area (Å²) in [6, 6.07) is 10.3. The Morgan fingerprint density at radius 3 is 2.65 bits per heavy atom. The van der Waals surface area contributed by atoms with Gasteiger partial charge in [-0.15, -0.1) is 0 Å². The van der Waals surface area contributed by atoms with E-state index in [0.717, 1.165) is 48.1 Å². The summed E-state index contributed by atoms with van der Waals surface area (Å²) in [7, 11) is 0. The molecule has 0 spiro atoms. The van der Waals surface area contributed by atoms with Crippen molar-refractivity contribution in [1.82, 2.24) is 4.98 Å². The first-order chi connectivity index (χ1) is 9.74. The van der Waals surface area contributed by atoms with E-state index in [4.69, 9.17) is 0 Å². The fourth-order valence-electron chi connectivity index (χ4n) is 2.95. The molecule has 3 rings (SSSR count). The molecule has 0 bridgehead atoms. The Bertz CT molecular complexity index is 748. The SMILES string of the molecule is CCc1ccc(-c2c3c([nH]c(=O)c2C#N)CCC3)cc1. The second-order valence-corrected chi connectivity index (χ2v) is 5.18. The summed E-state index contributed by atoms with van der Waals surface area (Å²) in [6.07, 6.45) is 3.86. The molecule has 20 heavy (non-hydrogen) atoms. The van der Waals surface area contributed by atoms with Crippen LogP contribution in [-0.4, -0.2) is 4.98 Å². The number of benzene rings is 1. The molecule has 1 heterocycles. The average Bonchev–Trinajstić information content (AvgIpc) is 2.93. The molecule has 1 aliphatic rings. The summed E-state index contributed by atoms with van der Waals surface area (Å²) in [5, 5.41) is 9.32. The van der Waals surface area contributed by atoms with E-state index < -0.39 is 0 Å². The zero-order valence-electron chi connectivity index (χ0n) is 11.5. The fraction of sp³-hybridized carbons (Fsp3) is 0.294. The zero-order valence-corrected chi connectivity index (χ0v) is 11.5. The number of aromatic nitrogens is 1. The second kappa shape index (κ2) is 4.97. The lowest BCUT2D eigenvalue weighted by molar-refractivity contribution is 0.897. The monoisotopic (exact) mass is 264 g/mol. The largest absolute Gasteiger partial charge is 0.325 e. The second-order valence-electron chi connectivity index (χ2n) is 5.18. The van der Waals surface area contributed by atoms with E-state index in [1.807, 2.05) is 12.1 Å². The third-order valence-electron chi connectivity index (χ3n) is 4.02. The summed E-state index contributed by atoms with van der Waals surface area (Å²) in [5.41, 5.74) is 5.20. The molecule has 1 N–H and O–H groups in total. The number of nitrogens with zero attached hydrogens (tertiary/aromatic N) is 1. The van der Waals surface area contributed by atoms with E-state index >= 15 is 0 Å². The van der Waals surface area contributed by atoms with Crippen molar-refractivity contribution < 1.29 is 0 Å². The lowest BCUT2D eigenvalue weighted by atomic mass is 9.94. The molecule has 1 aromatic heterocycles. The van der Waals surface area contributed by atoms with Crippen molar-refractivity contribution >= 4 is 0 Å². The van der Waals surface area contributed by atoms with E-state index in [1.165, 1.54) is 5.56 Å². The van der Waals surface area contributed by atoms with Crippen molar-refractivity contribution in [1.29, 1.82) is 5.26 Å². The summed E-state index contributed by atoms with van der Waals surface area (Å²) in [4.78, 5) is 14.9. The van der Waals surface area contributed by atoms with Gasteiger partial charge in [0, 0.05) is 11.3 Å². The highest BCUT2D eigenvalue weighted by atomic mass is 16.1. The number of fused-ring (bicyclic) bond motifs is 1. The molecule has 0 fully saturated rings. The third kappa shape index (κ3) is 1.94. The number of aromatic amines is 1. The molecule has 1 aromatic carbocycles. The van der Waals surface area contributed by atoms with Gasteiger partial charge in [-0.3, -0.25) is 4.79 Å². The quantitative estimate of drug-likeness (QED) is 0.906. The Hall–Kier alpha value is -2.34. The van der Waals surface area contributed by atoms with Crippen LogP contribution in [0.4, 0.5) is 0 Å². The van der Waals surface area contributed by atoms with E-state index in [0.29, 0.717) is 0 Å². The standard InChI is InChI=1S/C17H16N2O/c1-2-11-6-8-12(9-7-11)16-13-4-3-5-15(13)19-17(20)14(16)10-18/h6-9H,2-5H2,1H3,(H,19,20). The van der Waals surface area contributed by atoms with Gasteiger partial charge in [-0.05, 0) is 42.4 Å². The van der Waals surface area contributed by atoms with Gasteiger partial charge in [-0.2, -0.15) is 5.26 Å². The van der Waals surface area contributed by atoms with Gasteiger partial charge in [0.1, 0.15) is 11.6 Å². The molecule has 3 nitrogen and oxygen atoms in total. The van der Waals surface area contributed by atoms with Crippen LogP contribution >= 0.6 is 0 Å². The number of pyridine rings is 1. The molecule has 0 aliphatic heterocycles. The first kappa shape index (κ1) is 12.7. The van der Waals surface area contributed by atoms with Gasteiger partial charge in [0.25, 0.3) is 5.56 Å². The molecular formula is C17H16N2O. The Kier molecular flexibility index (Phi) is 3.15. The van der Waals surface area contributed by atoms with Gasteiger partial charge < -0.3 is 4.98 Å². The van der Waals surface area contributed by atoms with Crippen molar-refractivity contribution in [2.75, 3.05) is 0 Å². The highest BCUT2D eigenvalue weighted by molar-refractivity contribution is 5.75. The smallest absolute Gasteiger partial charge is 0.266 e. The van der Waals surface area contributed by atoms with Crippen LogP contribution in [0.2, 0.25) is 0 Å². The first-order valence-corrected chi connectivity index (χ1v) is 7.02. The molecule has 1 aliphatic carbocycles. The maximum atomic E-state index is 12.0. The number of nitrogens with one attached hydrogen (secondary N) is 1. The Morgan fingerprint density at radius 1 is 1.25 bits per heavy atom. The maximum absolute atomic E-state index is 12.0. The molecule has 0 amide bonds. The molecule has 3 heteroatoms. The van der Waals surface area contributed by atoms with Gasteiger partial charge in [0.05, 0.1) is 0 Å². The van der Waals surface area contributed by atoms with Crippen molar-refractivity contribution in [3.63, 3.8) is 0 Å².